The Bertz CT molecular complexity index is 441. The number of hydrogen-bond donors (Lipinski definition) is 1. The predicted octanol–water partition coefficient (Wildman–Crippen LogP) is 3.19. The van der Waals surface area contributed by atoms with Gasteiger partial charge in [-0.05, 0) is 25.0 Å². The van der Waals surface area contributed by atoms with Crippen LogP contribution in [0, 0.1) is 0 Å². The van der Waals surface area contributed by atoms with E-state index in [9.17, 15) is 0 Å². The van der Waals surface area contributed by atoms with Crippen molar-refractivity contribution in [2.75, 3.05) is 18.0 Å². The summed E-state index contributed by atoms with van der Waals surface area (Å²) in [6.07, 6.45) is 6.19. The number of aromatic nitrogens is 2. The fourth-order valence-corrected chi connectivity index (χ4v) is 2.11. The van der Waals surface area contributed by atoms with Crippen LogP contribution in [-0.2, 0) is 0 Å². The Morgan fingerprint density at radius 2 is 1.94 bits per heavy atom. The van der Waals surface area contributed by atoms with E-state index in [0.29, 0.717) is 0 Å². The molecule has 1 N–H and O–H groups in total. The van der Waals surface area contributed by atoms with Crippen molar-refractivity contribution in [2.45, 2.75) is 26.7 Å². The van der Waals surface area contributed by atoms with Gasteiger partial charge in [-0.25, -0.2) is 4.98 Å². The number of anilines is 1. The molecular formula is C13H19N3. The van der Waals surface area contributed by atoms with Gasteiger partial charge in [-0.15, -0.1) is 0 Å². The molecule has 0 aliphatic rings. The molecule has 16 heavy (non-hydrogen) atoms. The molecule has 0 bridgehead atoms. The largest absolute Gasteiger partial charge is 0.371 e. The Kier molecular flexibility index (Phi) is 3.44. The average Bonchev–Trinajstić information content (AvgIpc) is 2.76. The fourth-order valence-electron chi connectivity index (χ4n) is 2.11. The van der Waals surface area contributed by atoms with Crippen LogP contribution in [0.2, 0.25) is 0 Å². The third-order valence-electron chi connectivity index (χ3n) is 2.76. The van der Waals surface area contributed by atoms with Crippen molar-refractivity contribution in [1.82, 2.24) is 9.97 Å². The molecule has 2 aromatic rings. The van der Waals surface area contributed by atoms with Crippen LogP contribution in [0.25, 0.3) is 11.0 Å². The first-order chi connectivity index (χ1) is 7.86. The van der Waals surface area contributed by atoms with Gasteiger partial charge < -0.3 is 9.88 Å². The molecule has 0 spiro atoms. The Balaban J connectivity index is 2.38. The lowest BCUT2D eigenvalue weighted by molar-refractivity contribution is 0.747. The van der Waals surface area contributed by atoms with Crippen molar-refractivity contribution >= 4 is 16.7 Å². The topological polar surface area (TPSA) is 31.9 Å². The van der Waals surface area contributed by atoms with Gasteiger partial charge in [0.25, 0.3) is 0 Å². The third-order valence-corrected chi connectivity index (χ3v) is 2.76. The van der Waals surface area contributed by atoms with Gasteiger partial charge in [0.2, 0.25) is 0 Å². The van der Waals surface area contributed by atoms with Crippen LogP contribution in [0.1, 0.15) is 26.7 Å². The maximum Gasteiger partial charge on any atom is 0.139 e. The van der Waals surface area contributed by atoms with Crippen molar-refractivity contribution < 1.29 is 0 Å². The lowest BCUT2D eigenvalue weighted by Crippen LogP contribution is -2.24. The molecule has 0 atom stereocenters. The lowest BCUT2D eigenvalue weighted by atomic mass is 10.2. The van der Waals surface area contributed by atoms with Crippen molar-refractivity contribution in [2.24, 2.45) is 0 Å². The van der Waals surface area contributed by atoms with Gasteiger partial charge >= 0.3 is 0 Å². The molecule has 2 heterocycles. The Morgan fingerprint density at radius 3 is 2.62 bits per heavy atom. The molecule has 0 fully saturated rings. The van der Waals surface area contributed by atoms with Crippen molar-refractivity contribution in [3.8, 4) is 0 Å². The van der Waals surface area contributed by atoms with E-state index in [1.54, 1.807) is 0 Å². The number of nitrogens with zero attached hydrogens (tertiary/aromatic N) is 2. The molecular weight excluding hydrogens is 198 g/mol. The number of fused-ring (bicyclic) bond motifs is 1. The van der Waals surface area contributed by atoms with Gasteiger partial charge in [-0.1, -0.05) is 13.8 Å². The highest BCUT2D eigenvalue weighted by Crippen LogP contribution is 2.24. The summed E-state index contributed by atoms with van der Waals surface area (Å²) in [6.45, 7) is 6.66. The molecule has 0 saturated heterocycles. The van der Waals surface area contributed by atoms with Crippen LogP contribution in [0.4, 0.5) is 5.69 Å². The number of aromatic amines is 1. The first-order valence-electron chi connectivity index (χ1n) is 6.03. The first-order valence-corrected chi connectivity index (χ1v) is 6.03. The highest BCUT2D eigenvalue weighted by atomic mass is 15.1. The molecule has 0 aromatic carbocycles. The first kappa shape index (κ1) is 11.0. The van der Waals surface area contributed by atoms with Gasteiger partial charge in [0.1, 0.15) is 5.65 Å². The molecule has 0 radical (unpaired) electrons. The third kappa shape index (κ3) is 2.03. The number of rotatable bonds is 5. The Hall–Kier alpha value is -1.51. The van der Waals surface area contributed by atoms with Gasteiger partial charge in [0.15, 0.2) is 0 Å². The minimum absolute atomic E-state index is 0.981. The number of hydrogen-bond acceptors (Lipinski definition) is 2. The monoisotopic (exact) mass is 217 g/mol. The maximum atomic E-state index is 4.32. The molecule has 0 aliphatic carbocycles. The highest BCUT2D eigenvalue weighted by molar-refractivity contribution is 5.89. The molecule has 2 aromatic heterocycles. The van der Waals surface area contributed by atoms with Crippen molar-refractivity contribution in [1.29, 1.82) is 0 Å². The van der Waals surface area contributed by atoms with Crippen LogP contribution in [0.15, 0.2) is 24.5 Å². The molecule has 0 aliphatic heterocycles. The summed E-state index contributed by atoms with van der Waals surface area (Å²) in [4.78, 5) is 9.93. The van der Waals surface area contributed by atoms with E-state index in [2.05, 4.69) is 40.8 Å². The van der Waals surface area contributed by atoms with Crippen LogP contribution < -0.4 is 4.90 Å². The summed E-state index contributed by atoms with van der Waals surface area (Å²) in [5.41, 5.74) is 2.28. The molecule has 0 unspecified atom stereocenters. The molecule has 0 amide bonds. The second-order valence-electron chi connectivity index (χ2n) is 4.06. The summed E-state index contributed by atoms with van der Waals surface area (Å²) in [5.74, 6) is 0. The van der Waals surface area contributed by atoms with Crippen molar-refractivity contribution in [3.05, 3.63) is 24.5 Å². The van der Waals surface area contributed by atoms with E-state index in [0.717, 1.165) is 18.7 Å². The summed E-state index contributed by atoms with van der Waals surface area (Å²) >= 11 is 0. The fraction of sp³-hybridized carbons (Fsp3) is 0.462. The number of H-pyrrole nitrogens is 1. The highest BCUT2D eigenvalue weighted by Gasteiger charge is 2.09. The summed E-state index contributed by atoms with van der Waals surface area (Å²) in [7, 11) is 0. The SMILES string of the molecule is CCCN(CCC)c1ccnc2[nH]ccc12. The van der Waals surface area contributed by atoms with E-state index in [1.807, 2.05) is 12.4 Å². The molecule has 0 saturated carbocycles. The van der Waals surface area contributed by atoms with E-state index in [-0.39, 0.29) is 0 Å². The van der Waals surface area contributed by atoms with Gasteiger partial charge in [0, 0.05) is 36.6 Å². The van der Waals surface area contributed by atoms with Crippen LogP contribution in [-0.4, -0.2) is 23.1 Å². The van der Waals surface area contributed by atoms with Gasteiger partial charge in [-0.2, -0.15) is 0 Å². The molecule has 86 valence electrons. The van der Waals surface area contributed by atoms with E-state index in [1.165, 1.54) is 23.9 Å². The Morgan fingerprint density at radius 1 is 1.19 bits per heavy atom. The normalized spacial score (nSPS) is 10.9. The molecule has 3 nitrogen and oxygen atoms in total. The number of nitrogens with one attached hydrogen (secondary N) is 1. The predicted molar refractivity (Wildman–Crippen MR) is 68.9 cm³/mol. The van der Waals surface area contributed by atoms with Gasteiger partial charge in [0.05, 0.1) is 0 Å². The molecule has 2 rings (SSSR count). The standard InChI is InChI=1S/C13H19N3/c1-3-9-16(10-4-2)12-6-8-15-13-11(12)5-7-14-13/h5-8H,3-4,9-10H2,1-2H3,(H,14,15). The van der Waals surface area contributed by atoms with E-state index >= 15 is 0 Å². The lowest BCUT2D eigenvalue weighted by Gasteiger charge is -2.24. The van der Waals surface area contributed by atoms with Crippen LogP contribution in [0.3, 0.4) is 0 Å². The quantitative estimate of drug-likeness (QED) is 0.834. The zero-order valence-electron chi connectivity index (χ0n) is 10.0. The van der Waals surface area contributed by atoms with Crippen molar-refractivity contribution in [3.63, 3.8) is 0 Å². The van der Waals surface area contributed by atoms with E-state index in [4.69, 9.17) is 0 Å². The maximum absolute atomic E-state index is 4.32. The summed E-state index contributed by atoms with van der Waals surface area (Å²) < 4.78 is 0. The average molecular weight is 217 g/mol. The Labute approximate surface area is 96.5 Å². The minimum atomic E-state index is 0.981. The van der Waals surface area contributed by atoms with Crippen LogP contribution >= 0.6 is 0 Å². The summed E-state index contributed by atoms with van der Waals surface area (Å²) in [6, 6.07) is 4.22. The summed E-state index contributed by atoms with van der Waals surface area (Å²) in [5, 5.41) is 1.23. The van der Waals surface area contributed by atoms with Gasteiger partial charge in [-0.3, -0.25) is 0 Å². The second kappa shape index (κ2) is 5.01. The zero-order chi connectivity index (χ0) is 11.4. The number of pyridine rings is 1. The second-order valence-corrected chi connectivity index (χ2v) is 4.06. The van der Waals surface area contributed by atoms with E-state index < -0.39 is 0 Å². The smallest absolute Gasteiger partial charge is 0.139 e. The minimum Gasteiger partial charge on any atom is -0.371 e. The zero-order valence-corrected chi connectivity index (χ0v) is 10.0. The molecule has 3 heteroatoms. The van der Waals surface area contributed by atoms with Crippen LogP contribution in [0.5, 0.6) is 0 Å².